The van der Waals surface area contributed by atoms with Gasteiger partial charge in [-0.15, -0.1) is 5.54 Å². The van der Waals surface area contributed by atoms with Crippen LogP contribution in [0.2, 0.25) is 19.6 Å². The number of nitrogen functional groups attached to an aromatic ring is 1. The van der Waals surface area contributed by atoms with E-state index in [0.29, 0.717) is 11.3 Å². The van der Waals surface area contributed by atoms with Crippen LogP contribution in [0.25, 0.3) is 11.2 Å². The number of imidazole rings is 1. The van der Waals surface area contributed by atoms with Crippen LogP contribution in [0.5, 0.6) is 0 Å². The molecule has 0 amide bonds. The van der Waals surface area contributed by atoms with Crippen LogP contribution in [0.15, 0.2) is 6.33 Å². The van der Waals surface area contributed by atoms with Gasteiger partial charge in [0.2, 0.25) is 0 Å². The van der Waals surface area contributed by atoms with Crippen LogP contribution < -0.4 is 5.73 Å². The first-order valence-electron chi connectivity index (χ1n) is 5.92. The summed E-state index contributed by atoms with van der Waals surface area (Å²) in [6.07, 6.45) is 1.46. The van der Waals surface area contributed by atoms with Gasteiger partial charge in [-0.2, -0.15) is 0 Å². The third-order valence-electron chi connectivity index (χ3n) is 2.43. The van der Waals surface area contributed by atoms with E-state index in [1.165, 1.54) is 6.33 Å². The molecule has 5 nitrogen and oxygen atoms in total. The van der Waals surface area contributed by atoms with Gasteiger partial charge in [0.05, 0.1) is 0 Å². The van der Waals surface area contributed by atoms with Gasteiger partial charge in [-0.1, -0.05) is 19.6 Å². The van der Waals surface area contributed by atoms with Crippen molar-refractivity contribution < 1.29 is 0 Å². The smallest absolute Gasteiger partial charge is 0.187 e. The summed E-state index contributed by atoms with van der Waals surface area (Å²) < 4.78 is 1.97. The third kappa shape index (κ3) is 2.36. The van der Waals surface area contributed by atoms with Gasteiger partial charge < -0.3 is 10.3 Å². The fourth-order valence-electron chi connectivity index (χ4n) is 1.59. The van der Waals surface area contributed by atoms with E-state index in [9.17, 15) is 0 Å². The molecule has 2 aromatic rings. The molecule has 2 aromatic heterocycles. The summed E-state index contributed by atoms with van der Waals surface area (Å²) in [6.45, 7) is 9.41. The average molecular weight is 259 g/mol. The van der Waals surface area contributed by atoms with Crippen LogP contribution in [-0.2, 0) is 6.54 Å². The van der Waals surface area contributed by atoms with E-state index in [-0.39, 0.29) is 0 Å². The quantitative estimate of drug-likeness (QED) is 0.624. The summed E-state index contributed by atoms with van der Waals surface area (Å²) in [4.78, 5) is 12.6. The number of rotatable bonds is 1. The zero-order valence-electron chi connectivity index (χ0n) is 11.2. The maximum Gasteiger partial charge on any atom is 0.187 e. The van der Waals surface area contributed by atoms with E-state index in [0.717, 1.165) is 18.0 Å². The lowest BCUT2D eigenvalue weighted by atomic mass is 10.5. The Bertz CT molecular complexity index is 642. The lowest BCUT2D eigenvalue weighted by molar-refractivity contribution is 0.765. The summed E-state index contributed by atoms with van der Waals surface area (Å²) in [7, 11) is -1.42. The summed E-state index contributed by atoms with van der Waals surface area (Å²) in [5.74, 6) is 4.29. The molecule has 2 heterocycles. The van der Waals surface area contributed by atoms with Gasteiger partial charge in [-0.05, 0) is 12.8 Å². The Morgan fingerprint density at radius 1 is 1.33 bits per heavy atom. The molecule has 0 atom stereocenters. The molecule has 94 valence electrons. The number of aryl methyl sites for hydroxylation is 1. The molecule has 0 aromatic carbocycles. The minimum absolute atomic E-state index is 0.406. The molecule has 0 radical (unpaired) electrons. The number of nitrogens with zero attached hydrogens (tertiary/aromatic N) is 4. The average Bonchev–Trinajstić information content (AvgIpc) is 2.64. The number of hydrogen-bond acceptors (Lipinski definition) is 4. The lowest BCUT2D eigenvalue weighted by Crippen LogP contribution is -2.16. The summed E-state index contributed by atoms with van der Waals surface area (Å²) in [5.41, 5.74) is 10.5. The van der Waals surface area contributed by atoms with Crippen LogP contribution >= 0.6 is 0 Å². The van der Waals surface area contributed by atoms with Gasteiger partial charge in [-0.25, -0.2) is 15.0 Å². The van der Waals surface area contributed by atoms with Crippen LogP contribution in [0.4, 0.5) is 5.82 Å². The van der Waals surface area contributed by atoms with Gasteiger partial charge in [0, 0.05) is 6.54 Å². The predicted molar refractivity (Wildman–Crippen MR) is 75.6 cm³/mol. The fraction of sp³-hybridized carbons (Fsp3) is 0.417. The van der Waals surface area contributed by atoms with Crippen molar-refractivity contribution >= 4 is 25.1 Å². The first kappa shape index (κ1) is 12.6. The van der Waals surface area contributed by atoms with Gasteiger partial charge in [0.1, 0.15) is 14.4 Å². The molecular weight excluding hydrogens is 242 g/mol. The summed E-state index contributed by atoms with van der Waals surface area (Å²) >= 11 is 0. The van der Waals surface area contributed by atoms with Crippen molar-refractivity contribution in [3.8, 4) is 11.5 Å². The van der Waals surface area contributed by atoms with Crippen molar-refractivity contribution in [2.75, 3.05) is 5.73 Å². The van der Waals surface area contributed by atoms with E-state index in [1.807, 2.05) is 11.5 Å². The molecule has 0 fully saturated rings. The highest BCUT2D eigenvalue weighted by Crippen LogP contribution is 2.17. The molecule has 0 spiro atoms. The van der Waals surface area contributed by atoms with Crippen LogP contribution in [0.1, 0.15) is 12.7 Å². The minimum atomic E-state index is -1.42. The van der Waals surface area contributed by atoms with E-state index in [1.54, 1.807) is 0 Å². The first-order chi connectivity index (χ1) is 8.42. The predicted octanol–water partition coefficient (Wildman–Crippen LogP) is 1.66. The van der Waals surface area contributed by atoms with Crippen LogP contribution in [-0.4, -0.2) is 27.6 Å². The Morgan fingerprint density at radius 3 is 2.67 bits per heavy atom. The number of hydrogen-bond donors (Lipinski definition) is 1. The SMILES string of the molecule is CCn1c(C#C[Si](C)(C)C)nc2c(N)ncnc21. The maximum absolute atomic E-state index is 5.81. The molecule has 0 aliphatic heterocycles. The Kier molecular flexibility index (Phi) is 3.09. The highest BCUT2D eigenvalue weighted by Gasteiger charge is 2.13. The molecular formula is C12H17N5Si. The summed E-state index contributed by atoms with van der Waals surface area (Å²) in [6, 6.07) is 0. The fourth-order valence-corrected chi connectivity index (χ4v) is 2.08. The van der Waals surface area contributed by atoms with Crippen LogP contribution in [0.3, 0.4) is 0 Å². The Morgan fingerprint density at radius 2 is 2.06 bits per heavy atom. The van der Waals surface area contributed by atoms with Crippen molar-refractivity contribution in [1.82, 2.24) is 19.5 Å². The molecule has 18 heavy (non-hydrogen) atoms. The van der Waals surface area contributed by atoms with Crippen molar-refractivity contribution in [1.29, 1.82) is 0 Å². The Hall–Kier alpha value is -1.87. The van der Waals surface area contributed by atoms with Gasteiger partial charge in [-0.3, -0.25) is 0 Å². The second-order valence-corrected chi connectivity index (χ2v) is 9.86. The normalized spacial score (nSPS) is 11.3. The second-order valence-electron chi connectivity index (χ2n) is 5.11. The molecule has 0 unspecified atom stereocenters. The number of fused-ring (bicyclic) bond motifs is 1. The van der Waals surface area contributed by atoms with Crippen molar-refractivity contribution in [2.45, 2.75) is 33.1 Å². The minimum Gasteiger partial charge on any atom is -0.382 e. The lowest BCUT2D eigenvalue weighted by Gasteiger charge is -2.04. The summed E-state index contributed by atoms with van der Waals surface area (Å²) in [5, 5.41) is 0. The topological polar surface area (TPSA) is 69.6 Å². The van der Waals surface area contributed by atoms with E-state index in [4.69, 9.17) is 5.73 Å². The van der Waals surface area contributed by atoms with E-state index >= 15 is 0 Å². The molecule has 2 N–H and O–H groups in total. The number of anilines is 1. The monoisotopic (exact) mass is 259 g/mol. The van der Waals surface area contributed by atoms with Crippen LogP contribution in [0, 0.1) is 11.5 Å². The molecule has 0 aliphatic carbocycles. The zero-order chi connectivity index (χ0) is 13.3. The Balaban J connectivity index is 2.64. The highest BCUT2D eigenvalue weighted by atomic mass is 28.3. The molecule has 0 aliphatic rings. The van der Waals surface area contributed by atoms with E-state index < -0.39 is 8.07 Å². The molecule has 2 rings (SSSR count). The largest absolute Gasteiger partial charge is 0.382 e. The van der Waals surface area contributed by atoms with Gasteiger partial charge >= 0.3 is 0 Å². The molecule has 6 heteroatoms. The van der Waals surface area contributed by atoms with Gasteiger partial charge in [0.25, 0.3) is 0 Å². The highest BCUT2D eigenvalue weighted by molar-refractivity contribution is 6.83. The van der Waals surface area contributed by atoms with Crippen molar-refractivity contribution in [3.63, 3.8) is 0 Å². The maximum atomic E-state index is 5.81. The number of nitrogens with two attached hydrogens (primary N) is 1. The molecule has 0 saturated carbocycles. The standard InChI is InChI=1S/C12H17N5Si/c1-5-17-9(6-7-18(2,3)4)16-10-11(13)14-8-15-12(10)17/h8H,5H2,1-4H3,(H2,13,14,15). The van der Waals surface area contributed by atoms with Crippen molar-refractivity contribution in [3.05, 3.63) is 12.2 Å². The molecule has 0 bridgehead atoms. The second kappa shape index (κ2) is 4.42. The molecule has 0 saturated heterocycles. The zero-order valence-corrected chi connectivity index (χ0v) is 12.2. The van der Waals surface area contributed by atoms with Crippen molar-refractivity contribution in [2.24, 2.45) is 0 Å². The third-order valence-corrected chi connectivity index (χ3v) is 3.30. The Labute approximate surface area is 107 Å². The van der Waals surface area contributed by atoms with E-state index in [2.05, 4.69) is 46.1 Å². The number of aromatic nitrogens is 4. The van der Waals surface area contributed by atoms with Gasteiger partial charge in [0.15, 0.2) is 22.8 Å². The first-order valence-corrected chi connectivity index (χ1v) is 9.42.